The van der Waals surface area contributed by atoms with Crippen LogP contribution >= 0.6 is 0 Å². The molecular weight excluding hydrogens is 224 g/mol. The van der Waals surface area contributed by atoms with E-state index in [9.17, 15) is 4.79 Å². The first kappa shape index (κ1) is 12.7. The lowest BCUT2D eigenvalue weighted by Crippen LogP contribution is -2.24. The maximum Gasteiger partial charge on any atom is 0.245 e. The first-order chi connectivity index (χ1) is 8.70. The lowest BCUT2D eigenvalue weighted by Gasteiger charge is -2.20. The van der Waals surface area contributed by atoms with Gasteiger partial charge in [-0.25, -0.2) is 0 Å². The highest BCUT2D eigenvalue weighted by atomic mass is 16.2. The molecule has 0 unspecified atom stereocenters. The number of benzene rings is 1. The molecule has 1 aromatic carbocycles. The average molecular weight is 244 g/mol. The quantitative estimate of drug-likeness (QED) is 0.759. The number of nitrogens with zero attached hydrogens (tertiary/aromatic N) is 2. The van der Waals surface area contributed by atoms with Crippen LogP contribution in [0.15, 0.2) is 36.9 Å². The number of carbonyl (C=O) groups is 1. The maximum atomic E-state index is 11.5. The molecule has 18 heavy (non-hydrogen) atoms. The third-order valence-corrected chi connectivity index (χ3v) is 3.35. The Morgan fingerprint density at radius 2 is 2.17 bits per heavy atom. The number of hydrogen-bond donors (Lipinski definition) is 0. The summed E-state index contributed by atoms with van der Waals surface area (Å²) in [5, 5.41) is 0. The Balaban J connectivity index is 2.07. The Morgan fingerprint density at radius 3 is 2.83 bits per heavy atom. The normalized spacial score (nSPS) is 14.6. The van der Waals surface area contributed by atoms with Gasteiger partial charge in [0.25, 0.3) is 0 Å². The van der Waals surface area contributed by atoms with Gasteiger partial charge in [-0.2, -0.15) is 0 Å². The van der Waals surface area contributed by atoms with Gasteiger partial charge in [0, 0.05) is 32.4 Å². The van der Waals surface area contributed by atoms with Crippen LogP contribution in [0.25, 0.3) is 0 Å². The topological polar surface area (TPSA) is 23.6 Å². The molecule has 1 aliphatic rings. The highest BCUT2D eigenvalue weighted by molar-refractivity contribution is 5.86. The molecule has 0 aliphatic carbocycles. The number of hydrogen-bond acceptors (Lipinski definition) is 2. The molecule has 0 atom stereocenters. The fraction of sp³-hybridized carbons (Fsp3) is 0.400. The summed E-state index contributed by atoms with van der Waals surface area (Å²) in [4.78, 5) is 15.5. The zero-order valence-corrected chi connectivity index (χ0v) is 10.9. The third kappa shape index (κ3) is 2.92. The van der Waals surface area contributed by atoms with Crippen molar-refractivity contribution in [3.8, 4) is 0 Å². The molecule has 1 saturated heterocycles. The fourth-order valence-corrected chi connectivity index (χ4v) is 2.33. The van der Waals surface area contributed by atoms with Gasteiger partial charge in [-0.15, -0.1) is 0 Å². The molecule has 0 saturated carbocycles. The van der Waals surface area contributed by atoms with E-state index in [1.54, 1.807) is 11.9 Å². The molecule has 96 valence electrons. The number of amides is 1. The Labute approximate surface area is 109 Å². The Bertz CT molecular complexity index is 436. The van der Waals surface area contributed by atoms with Crippen LogP contribution in [0, 0.1) is 0 Å². The Kier molecular flexibility index (Phi) is 4.03. The summed E-state index contributed by atoms with van der Waals surface area (Å²) in [6.07, 6.45) is 3.91. The van der Waals surface area contributed by atoms with E-state index >= 15 is 0 Å². The minimum absolute atomic E-state index is 0.0402. The molecular formula is C15H20N2O. The Morgan fingerprint density at radius 1 is 1.44 bits per heavy atom. The number of likely N-dealkylation sites (N-methyl/N-ethyl adjacent to an activating group) is 1. The first-order valence-electron chi connectivity index (χ1n) is 6.42. The fourth-order valence-electron chi connectivity index (χ4n) is 2.33. The van der Waals surface area contributed by atoms with E-state index in [0.717, 1.165) is 18.7 Å². The van der Waals surface area contributed by atoms with E-state index in [1.807, 2.05) is 0 Å². The molecule has 1 aliphatic heterocycles. The predicted octanol–water partition coefficient (Wildman–Crippen LogP) is 2.43. The number of rotatable bonds is 4. The van der Waals surface area contributed by atoms with Gasteiger partial charge in [0.1, 0.15) is 0 Å². The largest absolute Gasteiger partial charge is 0.372 e. The van der Waals surface area contributed by atoms with Crippen molar-refractivity contribution in [3.63, 3.8) is 0 Å². The van der Waals surface area contributed by atoms with Gasteiger partial charge in [0.2, 0.25) is 5.91 Å². The molecule has 1 fully saturated rings. The van der Waals surface area contributed by atoms with Crippen LogP contribution in [0.2, 0.25) is 0 Å². The minimum Gasteiger partial charge on any atom is -0.372 e. The maximum absolute atomic E-state index is 11.5. The van der Waals surface area contributed by atoms with Gasteiger partial charge in [-0.1, -0.05) is 18.7 Å². The molecule has 0 spiro atoms. The lowest BCUT2D eigenvalue weighted by atomic mass is 10.2. The second-order valence-electron chi connectivity index (χ2n) is 4.76. The molecule has 0 radical (unpaired) electrons. The van der Waals surface area contributed by atoms with Crippen molar-refractivity contribution in [2.75, 3.05) is 25.0 Å². The molecule has 2 rings (SSSR count). The monoisotopic (exact) mass is 244 g/mol. The van der Waals surface area contributed by atoms with Crippen LogP contribution in [-0.2, 0) is 11.3 Å². The molecule has 3 nitrogen and oxygen atoms in total. The molecule has 1 heterocycles. The summed E-state index contributed by atoms with van der Waals surface area (Å²) < 4.78 is 0. The second-order valence-corrected chi connectivity index (χ2v) is 4.76. The van der Waals surface area contributed by atoms with Crippen molar-refractivity contribution >= 4 is 11.6 Å². The highest BCUT2D eigenvalue weighted by Crippen LogP contribution is 2.21. The lowest BCUT2D eigenvalue weighted by molar-refractivity contribution is -0.125. The van der Waals surface area contributed by atoms with Crippen LogP contribution in [0.5, 0.6) is 0 Å². The average Bonchev–Trinajstić information content (AvgIpc) is 2.92. The highest BCUT2D eigenvalue weighted by Gasteiger charge is 2.13. The molecule has 0 N–H and O–H groups in total. The molecule has 0 aromatic heterocycles. The van der Waals surface area contributed by atoms with Crippen molar-refractivity contribution in [2.24, 2.45) is 0 Å². The van der Waals surface area contributed by atoms with Gasteiger partial charge in [0.05, 0.1) is 0 Å². The SMILES string of the molecule is C=CC(=O)N(C)Cc1cccc(N2CCCC2)c1. The zero-order valence-electron chi connectivity index (χ0n) is 10.9. The van der Waals surface area contributed by atoms with E-state index in [4.69, 9.17) is 0 Å². The van der Waals surface area contributed by atoms with Gasteiger partial charge in [0.15, 0.2) is 0 Å². The molecule has 1 amide bonds. The van der Waals surface area contributed by atoms with Gasteiger partial charge >= 0.3 is 0 Å². The summed E-state index contributed by atoms with van der Waals surface area (Å²) in [6, 6.07) is 8.45. The summed E-state index contributed by atoms with van der Waals surface area (Å²) >= 11 is 0. The third-order valence-electron chi connectivity index (χ3n) is 3.35. The van der Waals surface area contributed by atoms with Crippen LogP contribution < -0.4 is 4.90 Å². The molecule has 3 heteroatoms. The summed E-state index contributed by atoms with van der Waals surface area (Å²) in [6.45, 7) is 6.42. The number of anilines is 1. The van der Waals surface area contributed by atoms with E-state index in [-0.39, 0.29) is 5.91 Å². The van der Waals surface area contributed by atoms with E-state index < -0.39 is 0 Å². The second kappa shape index (κ2) is 5.71. The summed E-state index contributed by atoms with van der Waals surface area (Å²) in [5.41, 5.74) is 2.43. The summed E-state index contributed by atoms with van der Waals surface area (Å²) in [5.74, 6) is -0.0402. The zero-order chi connectivity index (χ0) is 13.0. The minimum atomic E-state index is -0.0402. The van der Waals surface area contributed by atoms with Crippen molar-refractivity contribution in [1.82, 2.24) is 4.90 Å². The van der Waals surface area contributed by atoms with Crippen LogP contribution in [0.3, 0.4) is 0 Å². The molecule has 1 aromatic rings. The standard InChI is InChI=1S/C15H20N2O/c1-3-15(18)16(2)12-13-7-6-8-14(11-13)17-9-4-5-10-17/h3,6-8,11H,1,4-5,9-10,12H2,2H3. The van der Waals surface area contributed by atoms with E-state index in [1.165, 1.54) is 24.6 Å². The number of carbonyl (C=O) groups excluding carboxylic acids is 1. The van der Waals surface area contributed by atoms with E-state index in [2.05, 4.69) is 35.7 Å². The van der Waals surface area contributed by atoms with Crippen LogP contribution in [0.1, 0.15) is 18.4 Å². The van der Waals surface area contributed by atoms with E-state index in [0.29, 0.717) is 6.54 Å². The molecule has 0 bridgehead atoms. The van der Waals surface area contributed by atoms with Gasteiger partial charge in [-0.3, -0.25) is 4.79 Å². The van der Waals surface area contributed by atoms with Crippen molar-refractivity contribution in [1.29, 1.82) is 0 Å². The van der Waals surface area contributed by atoms with Crippen LogP contribution in [-0.4, -0.2) is 30.9 Å². The predicted molar refractivity (Wildman–Crippen MR) is 74.6 cm³/mol. The van der Waals surface area contributed by atoms with Gasteiger partial charge < -0.3 is 9.80 Å². The van der Waals surface area contributed by atoms with Crippen molar-refractivity contribution < 1.29 is 4.79 Å². The van der Waals surface area contributed by atoms with Crippen molar-refractivity contribution in [2.45, 2.75) is 19.4 Å². The van der Waals surface area contributed by atoms with Crippen molar-refractivity contribution in [3.05, 3.63) is 42.5 Å². The van der Waals surface area contributed by atoms with Crippen LogP contribution in [0.4, 0.5) is 5.69 Å². The van der Waals surface area contributed by atoms with Gasteiger partial charge in [-0.05, 0) is 36.6 Å². The summed E-state index contributed by atoms with van der Waals surface area (Å²) in [7, 11) is 1.80. The Hall–Kier alpha value is -1.77. The first-order valence-corrected chi connectivity index (χ1v) is 6.42. The smallest absolute Gasteiger partial charge is 0.245 e.